The van der Waals surface area contributed by atoms with Gasteiger partial charge in [-0.05, 0) is 67.5 Å². The van der Waals surface area contributed by atoms with Gasteiger partial charge >= 0.3 is 5.97 Å². The second kappa shape index (κ2) is 8.60. The highest BCUT2D eigenvalue weighted by molar-refractivity contribution is 7.92. The minimum absolute atomic E-state index is 0.00880. The molecule has 33 heavy (non-hydrogen) atoms. The molecule has 2 aliphatic rings. The van der Waals surface area contributed by atoms with Gasteiger partial charge in [0.05, 0.1) is 26.7 Å². The standard InChI is InChI=1S/C22H25FN2O6S2/c1-32(28,29)17-7-9-20(25-10-2-3-16(23)13-25)19(12-17)24-33(30,31)21-11-15(22(26)27)6-8-18(21)14-4-5-14/h6-9,11-12,14,16,24H,2-5,10,13H2,1H3,(H,26,27). The fourth-order valence-corrected chi connectivity index (χ4v) is 6.12. The first-order valence-corrected chi connectivity index (χ1v) is 14.0. The van der Waals surface area contributed by atoms with Gasteiger partial charge in [0.15, 0.2) is 9.84 Å². The first-order chi connectivity index (χ1) is 15.5. The molecular formula is C22H25FN2O6S2. The highest BCUT2D eigenvalue weighted by Crippen LogP contribution is 2.44. The molecule has 0 amide bonds. The van der Waals surface area contributed by atoms with E-state index in [1.165, 1.54) is 30.3 Å². The van der Waals surface area contributed by atoms with E-state index in [0.717, 1.165) is 25.2 Å². The summed E-state index contributed by atoms with van der Waals surface area (Å²) in [5, 5.41) is 9.35. The predicted molar refractivity (Wildman–Crippen MR) is 122 cm³/mol. The molecule has 0 bridgehead atoms. The van der Waals surface area contributed by atoms with Gasteiger partial charge in [-0.15, -0.1) is 0 Å². The minimum atomic E-state index is -4.27. The monoisotopic (exact) mass is 496 g/mol. The highest BCUT2D eigenvalue weighted by atomic mass is 32.2. The van der Waals surface area contributed by atoms with Crippen molar-refractivity contribution in [2.45, 2.75) is 47.6 Å². The SMILES string of the molecule is CS(=O)(=O)c1ccc(N2CCCC(F)C2)c(NS(=O)(=O)c2cc(C(=O)O)ccc2C2CC2)c1. The van der Waals surface area contributed by atoms with Crippen molar-refractivity contribution in [1.29, 1.82) is 0 Å². The van der Waals surface area contributed by atoms with E-state index in [2.05, 4.69) is 4.72 Å². The van der Waals surface area contributed by atoms with Crippen molar-refractivity contribution < 1.29 is 31.1 Å². The van der Waals surface area contributed by atoms with E-state index in [4.69, 9.17) is 0 Å². The first-order valence-electron chi connectivity index (χ1n) is 10.6. The number of anilines is 2. The molecule has 1 saturated heterocycles. The summed E-state index contributed by atoms with van der Waals surface area (Å²) in [6, 6.07) is 8.08. The molecule has 2 aromatic carbocycles. The van der Waals surface area contributed by atoms with Gasteiger partial charge in [-0.1, -0.05) is 6.07 Å². The van der Waals surface area contributed by atoms with Gasteiger partial charge < -0.3 is 10.0 Å². The molecule has 1 aliphatic heterocycles. The lowest BCUT2D eigenvalue weighted by atomic mass is 10.1. The van der Waals surface area contributed by atoms with E-state index < -0.39 is 32.0 Å². The zero-order chi connectivity index (χ0) is 24.0. The van der Waals surface area contributed by atoms with Crippen molar-refractivity contribution in [3.05, 3.63) is 47.5 Å². The smallest absolute Gasteiger partial charge is 0.335 e. The molecule has 1 saturated carbocycles. The molecule has 4 rings (SSSR count). The quantitative estimate of drug-likeness (QED) is 0.603. The molecule has 8 nitrogen and oxygen atoms in total. The van der Waals surface area contributed by atoms with Crippen molar-refractivity contribution in [3.63, 3.8) is 0 Å². The number of sulfonamides is 1. The van der Waals surface area contributed by atoms with Crippen LogP contribution in [0.2, 0.25) is 0 Å². The van der Waals surface area contributed by atoms with Gasteiger partial charge in [0.2, 0.25) is 0 Å². The van der Waals surface area contributed by atoms with Crippen molar-refractivity contribution >= 4 is 37.2 Å². The first kappa shape index (κ1) is 23.5. The number of carboxylic acid groups (broad SMARTS) is 1. The van der Waals surface area contributed by atoms with E-state index in [-0.39, 0.29) is 33.5 Å². The van der Waals surface area contributed by atoms with Gasteiger partial charge in [0.1, 0.15) is 6.17 Å². The number of nitrogens with one attached hydrogen (secondary N) is 1. The molecule has 2 N–H and O–H groups in total. The molecule has 0 aromatic heterocycles. The summed E-state index contributed by atoms with van der Waals surface area (Å²) in [7, 11) is -7.91. The molecule has 1 atom stereocenters. The van der Waals surface area contributed by atoms with Crippen LogP contribution in [0, 0.1) is 0 Å². The largest absolute Gasteiger partial charge is 0.478 e. The van der Waals surface area contributed by atoms with Crippen LogP contribution in [-0.4, -0.2) is 53.4 Å². The summed E-state index contributed by atoms with van der Waals surface area (Å²) in [5.41, 5.74) is 0.737. The zero-order valence-corrected chi connectivity index (χ0v) is 19.6. The Bertz CT molecular complexity index is 1310. The number of hydrogen-bond donors (Lipinski definition) is 2. The zero-order valence-electron chi connectivity index (χ0n) is 18.0. The number of piperidine rings is 1. The Labute approximate surface area is 192 Å². The van der Waals surface area contributed by atoms with Gasteiger partial charge in [0.25, 0.3) is 10.0 Å². The maximum Gasteiger partial charge on any atom is 0.335 e. The van der Waals surface area contributed by atoms with Crippen LogP contribution in [-0.2, 0) is 19.9 Å². The number of aromatic carboxylic acids is 1. The Morgan fingerprint density at radius 3 is 2.42 bits per heavy atom. The molecule has 178 valence electrons. The van der Waals surface area contributed by atoms with Crippen molar-refractivity contribution in [1.82, 2.24) is 0 Å². The predicted octanol–water partition coefficient (Wildman–Crippen LogP) is 3.40. The number of rotatable bonds is 7. The van der Waals surface area contributed by atoms with E-state index >= 15 is 0 Å². The number of nitrogens with zero attached hydrogens (tertiary/aromatic N) is 1. The number of sulfone groups is 1. The third-order valence-corrected chi connectivity index (χ3v) is 8.44. The van der Waals surface area contributed by atoms with Crippen LogP contribution in [0.5, 0.6) is 0 Å². The topological polar surface area (TPSA) is 121 Å². The van der Waals surface area contributed by atoms with Crippen LogP contribution in [0.3, 0.4) is 0 Å². The van der Waals surface area contributed by atoms with Crippen LogP contribution >= 0.6 is 0 Å². The molecule has 1 heterocycles. The molecule has 2 fully saturated rings. The Hall–Kier alpha value is -2.66. The second-order valence-corrected chi connectivity index (χ2v) is 12.2. The van der Waals surface area contributed by atoms with Crippen molar-refractivity contribution in [2.24, 2.45) is 0 Å². The third-order valence-electron chi connectivity index (χ3n) is 5.91. The Kier molecular flexibility index (Phi) is 6.12. The second-order valence-electron chi connectivity index (χ2n) is 8.57. The number of benzene rings is 2. The van der Waals surface area contributed by atoms with Crippen LogP contribution in [0.4, 0.5) is 15.8 Å². The third kappa shape index (κ3) is 5.14. The molecule has 2 aromatic rings. The van der Waals surface area contributed by atoms with E-state index in [1.807, 2.05) is 0 Å². The van der Waals surface area contributed by atoms with Crippen LogP contribution in [0.1, 0.15) is 47.5 Å². The average molecular weight is 497 g/mol. The molecular weight excluding hydrogens is 471 g/mol. The van der Waals surface area contributed by atoms with Crippen LogP contribution in [0.15, 0.2) is 46.2 Å². The molecule has 11 heteroatoms. The number of carbonyl (C=O) groups is 1. The lowest BCUT2D eigenvalue weighted by molar-refractivity contribution is 0.0696. The van der Waals surface area contributed by atoms with Gasteiger partial charge in [0, 0.05) is 19.3 Å². The van der Waals surface area contributed by atoms with Crippen LogP contribution < -0.4 is 9.62 Å². The molecule has 1 unspecified atom stereocenters. The van der Waals surface area contributed by atoms with Crippen molar-refractivity contribution in [3.8, 4) is 0 Å². The number of carboxylic acids is 1. The van der Waals surface area contributed by atoms with Gasteiger partial charge in [-0.25, -0.2) is 26.0 Å². The summed E-state index contributed by atoms with van der Waals surface area (Å²) >= 11 is 0. The normalized spacial score (nSPS) is 19.3. The number of halogens is 1. The summed E-state index contributed by atoms with van der Waals surface area (Å²) in [6.45, 7) is 0.559. The number of hydrogen-bond acceptors (Lipinski definition) is 6. The average Bonchev–Trinajstić information content (AvgIpc) is 3.57. The maximum atomic E-state index is 14.1. The highest BCUT2D eigenvalue weighted by Gasteiger charge is 2.32. The maximum absolute atomic E-state index is 14.1. The summed E-state index contributed by atoms with van der Waals surface area (Å²) < 4.78 is 67.6. The Balaban J connectivity index is 1.80. The summed E-state index contributed by atoms with van der Waals surface area (Å²) in [4.78, 5) is 12.9. The molecule has 0 radical (unpaired) electrons. The fourth-order valence-electron chi connectivity index (χ4n) is 4.08. The molecule has 0 spiro atoms. The molecule has 1 aliphatic carbocycles. The number of alkyl halides is 1. The van der Waals surface area contributed by atoms with Crippen LogP contribution in [0.25, 0.3) is 0 Å². The summed E-state index contributed by atoms with van der Waals surface area (Å²) in [5.74, 6) is -1.23. The minimum Gasteiger partial charge on any atom is -0.478 e. The van der Waals surface area contributed by atoms with E-state index in [1.54, 1.807) is 4.90 Å². The Morgan fingerprint density at radius 2 is 1.82 bits per heavy atom. The van der Waals surface area contributed by atoms with Crippen molar-refractivity contribution in [2.75, 3.05) is 29.0 Å². The van der Waals surface area contributed by atoms with E-state index in [0.29, 0.717) is 30.6 Å². The van der Waals surface area contributed by atoms with Gasteiger partial charge in [-0.2, -0.15) is 0 Å². The Morgan fingerprint density at radius 1 is 1.09 bits per heavy atom. The lowest BCUT2D eigenvalue weighted by Gasteiger charge is -2.32. The lowest BCUT2D eigenvalue weighted by Crippen LogP contribution is -2.37. The fraction of sp³-hybridized carbons (Fsp3) is 0.409. The van der Waals surface area contributed by atoms with Gasteiger partial charge in [-0.3, -0.25) is 4.72 Å². The summed E-state index contributed by atoms with van der Waals surface area (Å²) in [6.07, 6.45) is 2.52. The van der Waals surface area contributed by atoms with E-state index in [9.17, 15) is 31.1 Å².